The summed E-state index contributed by atoms with van der Waals surface area (Å²) in [6.45, 7) is 2.34. The number of benzene rings is 1. The van der Waals surface area contributed by atoms with Crippen LogP contribution in [0, 0.1) is 0 Å². The fourth-order valence-corrected chi connectivity index (χ4v) is 3.21. The van der Waals surface area contributed by atoms with Crippen LogP contribution in [0.15, 0.2) is 29.0 Å². The van der Waals surface area contributed by atoms with Gasteiger partial charge < -0.3 is 4.90 Å². The molecule has 2 heterocycles. The van der Waals surface area contributed by atoms with Crippen LogP contribution in [0.3, 0.4) is 0 Å². The van der Waals surface area contributed by atoms with Crippen LogP contribution in [0.2, 0.25) is 0 Å². The van der Waals surface area contributed by atoms with Crippen molar-refractivity contribution in [1.82, 2.24) is 9.36 Å². The molecule has 3 nitrogen and oxygen atoms in total. The van der Waals surface area contributed by atoms with Gasteiger partial charge in [-0.2, -0.15) is 4.37 Å². The van der Waals surface area contributed by atoms with Crippen molar-refractivity contribution in [1.29, 1.82) is 0 Å². The molecular weight excluding hydrogens is 298 g/mol. The summed E-state index contributed by atoms with van der Waals surface area (Å²) in [6.07, 6.45) is 2.60. The van der Waals surface area contributed by atoms with Gasteiger partial charge in [-0.1, -0.05) is 12.1 Å². The highest BCUT2D eigenvalue weighted by Gasteiger charge is 2.13. The van der Waals surface area contributed by atoms with Gasteiger partial charge in [-0.05, 0) is 52.4 Å². The van der Waals surface area contributed by atoms with Gasteiger partial charge in [-0.25, -0.2) is 4.98 Å². The standard InChI is InChI=1S/C12H12BrN3S/c13-12-14-11(17-15-12)9-4-3-5-10(8-9)16-6-1-2-7-16/h3-5,8H,1-2,6-7H2. The second-order valence-electron chi connectivity index (χ2n) is 4.11. The average molecular weight is 310 g/mol. The molecule has 1 aromatic carbocycles. The predicted octanol–water partition coefficient (Wildman–Crippen LogP) is 3.57. The number of anilines is 1. The molecule has 2 aromatic rings. The molecule has 1 aromatic heterocycles. The van der Waals surface area contributed by atoms with Crippen LogP contribution in [0.4, 0.5) is 5.69 Å². The second-order valence-corrected chi connectivity index (χ2v) is 5.57. The molecular formula is C12H12BrN3S. The molecule has 0 spiro atoms. The van der Waals surface area contributed by atoms with Gasteiger partial charge in [-0.15, -0.1) is 0 Å². The van der Waals surface area contributed by atoms with Crippen molar-refractivity contribution in [3.63, 3.8) is 0 Å². The second kappa shape index (κ2) is 4.74. The molecule has 1 aliphatic rings. The van der Waals surface area contributed by atoms with E-state index in [4.69, 9.17) is 0 Å². The van der Waals surface area contributed by atoms with Crippen molar-refractivity contribution in [2.45, 2.75) is 12.8 Å². The van der Waals surface area contributed by atoms with Gasteiger partial charge in [-0.3, -0.25) is 0 Å². The Morgan fingerprint density at radius 3 is 2.76 bits per heavy atom. The topological polar surface area (TPSA) is 29.0 Å². The molecule has 0 N–H and O–H groups in total. The van der Waals surface area contributed by atoms with Crippen molar-refractivity contribution >= 4 is 33.1 Å². The van der Waals surface area contributed by atoms with Crippen LogP contribution in [0.25, 0.3) is 10.6 Å². The minimum absolute atomic E-state index is 0.670. The first-order valence-electron chi connectivity index (χ1n) is 5.67. The summed E-state index contributed by atoms with van der Waals surface area (Å²) in [7, 11) is 0. The molecule has 0 amide bonds. The fraction of sp³-hybridized carbons (Fsp3) is 0.333. The zero-order valence-electron chi connectivity index (χ0n) is 9.27. The van der Waals surface area contributed by atoms with Crippen LogP contribution in [0.5, 0.6) is 0 Å². The molecule has 0 bridgehead atoms. The van der Waals surface area contributed by atoms with Gasteiger partial charge in [0.1, 0.15) is 5.01 Å². The lowest BCUT2D eigenvalue weighted by Crippen LogP contribution is -2.17. The van der Waals surface area contributed by atoms with Crippen molar-refractivity contribution in [3.8, 4) is 10.6 Å². The highest BCUT2D eigenvalue weighted by Crippen LogP contribution is 2.28. The summed E-state index contributed by atoms with van der Waals surface area (Å²) in [6, 6.07) is 8.56. The molecule has 0 unspecified atom stereocenters. The first-order valence-corrected chi connectivity index (χ1v) is 7.24. The van der Waals surface area contributed by atoms with Crippen LogP contribution in [-0.2, 0) is 0 Å². The third-order valence-electron chi connectivity index (χ3n) is 2.97. The van der Waals surface area contributed by atoms with E-state index >= 15 is 0 Å². The molecule has 1 saturated heterocycles. The van der Waals surface area contributed by atoms with Gasteiger partial charge in [0.25, 0.3) is 0 Å². The number of hydrogen-bond donors (Lipinski definition) is 0. The summed E-state index contributed by atoms with van der Waals surface area (Å²) in [5.74, 6) is 0. The minimum atomic E-state index is 0.670. The van der Waals surface area contributed by atoms with Crippen LogP contribution >= 0.6 is 27.5 Å². The van der Waals surface area contributed by atoms with Crippen molar-refractivity contribution in [2.75, 3.05) is 18.0 Å². The number of rotatable bonds is 2. The lowest BCUT2D eigenvalue weighted by atomic mass is 10.2. The van der Waals surface area contributed by atoms with Gasteiger partial charge in [0, 0.05) is 24.3 Å². The van der Waals surface area contributed by atoms with Crippen LogP contribution < -0.4 is 4.90 Å². The van der Waals surface area contributed by atoms with E-state index in [1.165, 1.54) is 43.2 Å². The zero-order chi connectivity index (χ0) is 11.7. The molecule has 3 rings (SSSR count). The van der Waals surface area contributed by atoms with E-state index in [9.17, 15) is 0 Å². The Hall–Kier alpha value is -0.940. The molecule has 1 fully saturated rings. The van der Waals surface area contributed by atoms with E-state index in [0.29, 0.717) is 4.73 Å². The summed E-state index contributed by atoms with van der Waals surface area (Å²) in [5.41, 5.74) is 2.45. The van der Waals surface area contributed by atoms with E-state index in [0.717, 1.165) is 10.6 Å². The highest BCUT2D eigenvalue weighted by atomic mass is 79.9. The molecule has 1 aliphatic heterocycles. The van der Waals surface area contributed by atoms with E-state index in [1.807, 2.05) is 0 Å². The normalized spacial score (nSPS) is 15.5. The Bertz CT molecular complexity index is 520. The maximum atomic E-state index is 4.35. The van der Waals surface area contributed by atoms with Crippen LogP contribution in [-0.4, -0.2) is 22.4 Å². The predicted molar refractivity (Wildman–Crippen MR) is 74.5 cm³/mol. The number of hydrogen-bond acceptors (Lipinski definition) is 4. The first-order chi connectivity index (χ1) is 8.33. The monoisotopic (exact) mass is 309 g/mol. The molecule has 88 valence electrons. The van der Waals surface area contributed by atoms with Crippen molar-refractivity contribution < 1.29 is 0 Å². The molecule has 17 heavy (non-hydrogen) atoms. The van der Waals surface area contributed by atoms with Crippen LogP contribution in [0.1, 0.15) is 12.8 Å². The van der Waals surface area contributed by atoms with E-state index in [2.05, 4.69) is 54.5 Å². The summed E-state index contributed by atoms with van der Waals surface area (Å²) in [4.78, 5) is 6.78. The molecule has 0 aliphatic carbocycles. The summed E-state index contributed by atoms with van der Waals surface area (Å²) < 4.78 is 4.82. The summed E-state index contributed by atoms with van der Waals surface area (Å²) in [5, 5.41) is 0.970. The first kappa shape index (κ1) is 11.2. The Labute approximate surface area is 113 Å². The summed E-state index contributed by atoms with van der Waals surface area (Å²) >= 11 is 4.72. The van der Waals surface area contributed by atoms with Gasteiger partial charge in [0.05, 0.1) is 0 Å². The highest BCUT2D eigenvalue weighted by molar-refractivity contribution is 9.10. The zero-order valence-corrected chi connectivity index (χ0v) is 11.7. The number of nitrogens with zero attached hydrogens (tertiary/aromatic N) is 3. The number of halogens is 1. The average Bonchev–Trinajstić information content (AvgIpc) is 3.00. The van der Waals surface area contributed by atoms with Gasteiger partial charge in [0.2, 0.25) is 4.73 Å². The van der Waals surface area contributed by atoms with Crippen molar-refractivity contribution in [2.24, 2.45) is 0 Å². The Morgan fingerprint density at radius 1 is 1.24 bits per heavy atom. The molecule has 5 heteroatoms. The van der Waals surface area contributed by atoms with E-state index < -0.39 is 0 Å². The lowest BCUT2D eigenvalue weighted by molar-refractivity contribution is 0.949. The fourth-order valence-electron chi connectivity index (χ4n) is 2.13. The van der Waals surface area contributed by atoms with Gasteiger partial charge in [0.15, 0.2) is 0 Å². The maximum Gasteiger partial charge on any atom is 0.209 e. The lowest BCUT2D eigenvalue weighted by Gasteiger charge is -2.17. The van der Waals surface area contributed by atoms with E-state index in [1.54, 1.807) is 0 Å². The largest absolute Gasteiger partial charge is 0.372 e. The van der Waals surface area contributed by atoms with Crippen molar-refractivity contribution in [3.05, 3.63) is 29.0 Å². The smallest absolute Gasteiger partial charge is 0.209 e. The third kappa shape index (κ3) is 2.35. The molecule has 0 radical (unpaired) electrons. The minimum Gasteiger partial charge on any atom is -0.372 e. The number of aromatic nitrogens is 2. The molecule has 0 saturated carbocycles. The Morgan fingerprint density at radius 2 is 2.06 bits per heavy atom. The van der Waals surface area contributed by atoms with E-state index in [-0.39, 0.29) is 0 Å². The molecule has 0 atom stereocenters. The quantitative estimate of drug-likeness (QED) is 0.849. The Balaban J connectivity index is 1.93. The Kier molecular flexibility index (Phi) is 3.11. The van der Waals surface area contributed by atoms with Gasteiger partial charge >= 0.3 is 0 Å². The SMILES string of the molecule is Brc1nsc(-c2cccc(N3CCCC3)c2)n1. The third-order valence-corrected chi connectivity index (χ3v) is 4.32. The maximum absolute atomic E-state index is 4.35.